The largest absolute Gasteiger partial charge is 1.00 e. The van der Waals surface area contributed by atoms with Crippen molar-refractivity contribution in [3.63, 3.8) is 0 Å². The standard InChI is InChI=1S/2C8H11.Zr.2H/c2*1-6-4-5-7(2)8(6)3;;;/h2*4H2,1-3H3;;;/q;;;2*-1. The average Bonchev–Trinajstić information content (AvgIpc) is 2.66. The molecule has 0 radical (unpaired) electrons. The summed E-state index contributed by atoms with van der Waals surface area (Å²) >= 11 is -0.491. The van der Waals surface area contributed by atoms with Crippen molar-refractivity contribution in [2.24, 2.45) is 0 Å². The Kier molecular flexibility index (Phi) is 3.78. The Labute approximate surface area is 120 Å². The van der Waals surface area contributed by atoms with Gasteiger partial charge in [-0.3, -0.25) is 0 Å². The Morgan fingerprint density at radius 1 is 0.647 bits per heavy atom. The zero-order chi connectivity index (χ0) is 12.7. The molecule has 0 amide bonds. The maximum absolute atomic E-state index is 2.33. The van der Waals surface area contributed by atoms with Crippen LogP contribution in [-0.4, -0.2) is 0 Å². The molecule has 0 fully saturated rings. The van der Waals surface area contributed by atoms with Gasteiger partial charge in [-0.05, 0) is 0 Å². The number of rotatable bonds is 2. The molecule has 0 bridgehead atoms. The number of hydrogen-bond donors (Lipinski definition) is 0. The average molecular weight is 308 g/mol. The molecule has 0 N–H and O–H groups in total. The summed E-state index contributed by atoms with van der Waals surface area (Å²) in [5.41, 5.74) is 9.59. The number of allylic oxidation sites excluding steroid dienone is 8. The van der Waals surface area contributed by atoms with Crippen molar-refractivity contribution in [3.05, 3.63) is 40.0 Å². The summed E-state index contributed by atoms with van der Waals surface area (Å²) in [4.78, 5) is 0. The van der Waals surface area contributed by atoms with Gasteiger partial charge < -0.3 is 2.85 Å². The molecule has 0 aliphatic heterocycles. The Balaban J connectivity index is 0.00000162. The van der Waals surface area contributed by atoms with E-state index >= 15 is 0 Å². The fourth-order valence-electron chi connectivity index (χ4n) is 2.61. The Bertz CT molecular complexity index is 459. The molecule has 17 heavy (non-hydrogen) atoms. The third-order valence-electron chi connectivity index (χ3n) is 4.50. The van der Waals surface area contributed by atoms with E-state index < -0.39 is 23.2 Å². The van der Waals surface area contributed by atoms with Gasteiger partial charge in [0.15, 0.2) is 0 Å². The SMILES string of the molecule is CC1=C(C)C(C)=[C]([Zr][C]2=C(C)C(C)=C(C)C2)C1.[H-].[H-]. The van der Waals surface area contributed by atoms with E-state index in [1.807, 2.05) is 6.56 Å². The van der Waals surface area contributed by atoms with Gasteiger partial charge in [-0.15, -0.1) is 0 Å². The zero-order valence-corrected chi connectivity index (χ0v) is 14.4. The van der Waals surface area contributed by atoms with E-state index in [0.29, 0.717) is 0 Å². The molecule has 0 spiro atoms. The molecule has 2 aliphatic carbocycles. The third kappa shape index (κ3) is 2.36. The topological polar surface area (TPSA) is 0 Å². The molecule has 0 saturated heterocycles. The van der Waals surface area contributed by atoms with Gasteiger partial charge in [0.1, 0.15) is 0 Å². The summed E-state index contributed by atoms with van der Waals surface area (Å²) in [5.74, 6) is 0. The molecule has 2 aliphatic rings. The summed E-state index contributed by atoms with van der Waals surface area (Å²) in [6.45, 7) is 13.9. The monoisotopic (exact) mass is 306 g/mol. The van der Waals surface area contributed by atoms with Crippen molar-refractivity contribution >= 4 is 0 Å². The van der Waals surface area contributed by atoms with Gasteiger partial charge in [0, 0.05) is 0 Å². The minimum atomic E-state index is -0.491. The molecule has 0 unspecified atom stereocenters. The van der Waals surface area contributed by atoms with Gasteiger partial charge in [-0.2, -0.15) is 0 Å². The minimum Gasteiger partial charge on any atom is -1.00 e. The van der Waals surface area contributed by atoms with Crippen LogP contribution in [0.3, 0.4) is 0 Å². The first-order valence-corrected chi connectivity index (χ1v) is 8.87. The molecular formula is C16H24Zr-2. The zero-order valence-electron chi connectivity index (χ0n) is 13.9. The van der Waals surface area contributed by atoms with Crippen molar-refractivity contribution in [3.8, 4) is 0 Å². The van der Waals surface area contributed by atoms with Crippen LogP contribution in [-0.2, 0) is 23.2 Å². The quantitative estimate of drug-likeness (QED) is 0.647. The maximum atomic E-state index is 2.33. The van der Waals surface area contributed by atoms with Crippen LogP contribution in [0, 0.1) is 0 Å². The van der Waals surface area contributed by atoms with Crippen LogP contribution in [0.2, 0.25) is 0 Å². The Hall–Kier alpha value is -0.157. The van der Waals surface area contributed by atoms with Crippen molar-refractivity contribution in [2.75, 3.05) is 0 Å². The van der Waals surface area contributed by atoms with E-state index in [4.69, 9.17) is 0 Å². The van der Waals surface area contributed by atoms with E-state index in [0.717, 1.165) is 0 Å². The van der Waals surface area contributed by atoms with Gasteiger partial charge in [-0.25, -0.2) is 0 Å². The normalized spacial score (nSPS) is 21.3. The molecule has 0 atom stereocenters. The molecule has 2 rings (SSSR count). The molecule has 0 aromatic heterocycles. The predicted octanol–water partition coefficient (Wildman–Crippen LogP) is 5.32. The fourth-order valence-corrected chi connectivity index (χ4v) is 7.09. The molecule has 0 aromatic rings. The van der Waals surface area contributed by atoms with Crippen molar-refractivity contribution in [1.82, 2.24) is 0 Å². The van der Waals surface area contributed by atoms with Gasteiger partial charge in [0.25, 0.3) is 0 Å². The first-order chi connectivity index (χ1) is 7.91. The summed E-state index contributed by atoms with van der Waals surface area (Å²) < 4.78 is 3.64. The van der Waals surface area contributed by atoms with Crippen molar-refractivity contribution in [1.29, 1.82) is 0 Å². The second kappa shape index (κ2) is 4.84. The van der Waals surface area contributed by atoms with E-state index in [1.165, 1.54) is 12.8 Å². The van der Waals surface area contributed by atoms with E-state index in [9.17, 15) is 0 Å². The maximum Gasteiger partial charge on any atom is -1.00 e. The molecule has 1 heteroatoms. The van der Waals surface area contributed by atoms with Gasteiger partial charge in [0.2, 0.25) is 0 Å². The van der Waals surface area contributed by atoms with Crippen LogP contribution in [0.1, 0.15) is 57.2 Å². The molecular weight excluding hydrogens is 283 g/mol. The summed E-state index contributed by atoms with van der Waals surface area (Å²) in [7, 11) is 0. The summed E-state index contributed by atoms with van der Waals surface area (Å²) in [5, 5.41) is 0. The van der Waals surface area contributed by atoms with Crippen LogP contribution in [0.5, 0.6) is 0 Å². The van der Waals surface area contributed by atoms with Gasteiger partial charge >= 0.3 is 118 Å². The number of hydrogen-bond acceptors (Lipinski definition) is 0. The third-order valence-corrected chi connectivity index (χ3v) is 8.69. The summed E-state index contributed by atoms with van der Waals surface area (Å²) in [6, 6.07) is 0. The fraction of sp³-hybridized carbons (Fsp3) is 0.500. The van der Waals surface area contributed by atoms with Crippen LogP contribution in [0.25, 0.3) is 0 Å². The van der Waals surface area contributed by atoms with E-state index in [2.05, 4.69) is 41.5 Å². The van der Waals surface area contributed by atoms with Crippen LogP contribution < -0.4 is 0 Å². The Morgan fingerprint density at radius 2 is 1.00 bits per heavy atom. The smallest absolute Gasteiger partial charge is 1.00 e. The van der Waals surface area contributed by atoms with Gasteiger partial charge in [0.05, 0.1) is 0 Å². The summed E-state index contributed by atoms with van der Waals surface area (Å²) in [6.07, 6.45) is 2.55. The molecule has 0 saturated carbocycles. The second-order valence-electron chi connectivity index (χ2n) is 5.50. The van der Waals surface area contributed by atoms with E-state index in [1.54, 1.807) is 33.4 Å². The van der Waals surface area contributed by atoms with Crippen LogP contribution in [0.4, 0.5) is 0 Å². The minimum absolute atomic E-state index is 0. The van der Waals surface area contributed by atoms with Crippen LogP contribution in [0.15, 0.2) is 40.0 Å². The van der Waals surface area contributed by atoms with Crippen molar-refractivity contribution in [2.45, 2.75) is 54.4 Å². The first-order valence-electron chi connectivity index (χ1n) is 6.41. The van der Waals surface area contributed by atoms with Gasteiger partial charge in [-0.1, -0.05) is 0 Å². The van der Waals surface area contributed by atoms with Crippen molar-refractivity contribution < 1.29 is 26.1 Å². The molecule has 0 nitrogen and oxygen atoms in total. The first kappa shape index (κ1) is 13.3. The predicted molar refractivity (Wildman–Crippen MR) is 73.6 cm³/mol. The molecule has 0 aromatic carbocycles. The molecule has 94 valence electrons. The second-order valence-corrected chi connectivity index (χ2v) is 9.08. The molecule has 0 heterocycles. The van der Waals surface area contributed by atoms with Crippen LogP contribution >= 0.6 is 0 Å². The van der Waals surface area contributed by atoms with E-state index in [-0.39, 0.29) is 2.85 Å². The Morgan fingerprint density at radius 3 is 1.24 bits per heavy atom.